The van der Waals surface area contributed by atoms with Crippen LogP contribution in [-0.2, 0) is 4.79 Å². The molecule has 2 atom stereocenters. The smallest absolute Gasteiger partial charge is 0.126 e. The molecular weight excluding hydrogens is 160 g/mol. The molecule has 0 amide bonds. The molecule has 2 saturated carbocycles. The second kappa shape index (κ2) is 2.59. The average Bonchev–Trinajstić information content (AvgIpc) is 2.88. The molecule has 0 N–H and O–H groups in total. The van der Waals surface area contributed by atoms with Gasteiger partial charge in [0.15, 0.2) is 0 Å². The van der Waals surface area contributed by atoms with Crippen LogP contribution in [0, 0.1) is 22.7 Å². The first-order chi connectivity index (χ1) is 6.01. The highest BCUT2D eigenvalue weighted by molar-refractivity contribution is 5.66. The van der Waals surface area contributed by atoms with E-state index in [-0.39, 0.29) is 10.8 Å². The van der Waals surface area contributed by atoms with E-state index in [2.05, 4.69) is 20.8 Å². The Bertz CT molecular complexity index is 227. The van der Waals surface area contributed by atoms with Gasteiger partial charge in [0.25, 0.3) is 0 Å². The fourth-order valence-corrected chi connectivity index (χ4v) is 2.75. The fraction of sp³-hybridized carbons (Fsp3) is 0.917. The van der Waals surface area contributed by atoms with Crippen molar-refractivity contribution in [2.75, 3.05) is 0 Å². The van der Waals surface area contributed by atoms with Crippen LogP contribution < -0.4 is 0 Å². The maximum atomic E-state index is 11.1. The van der Waals surface area contributed by atoms with Gasteiger partial charge in [-0.2, -0.15) is 0 Å². The molecule has 74 valence electrons. The Morgan fingerprint density at radius 3 is 2.31 bits per heavy atom. The molecule has 0 bridgehead atoms. The van der Waals surface area contributed by atoms with E-state index in [0.29, 0.717) is 0 Å². The van der Waals surface area contributed by atoms with Gasteiger partial charge in [0.1, 0.15) is 6.29 Å². The zero-order valence-electron chi connectivity index (χ0n) is 8.97. The molecular formula is C12H20O. The zero-order chi connectivity index (χ0) is 9.69. The van der Waals surface area contributed by atoms with Crippen molar-refractivity contribution in [3.05, 3.63) is 0 Å². The minimum absolute atomic E-state index is 0.0506. The summed E-state index contributed by atoms with van der Waals surface area (Å²) >= 11 is 0. The summed E-state index contributed by atoms with van der Waals surface area (Å²) < 4.78 is 0. The molecule has 13 heavy (non-hydrogen) atoms. The molecule has 2 fully saturated rings. The number of rotatable bonds is 4. The maximum Gasteiger partial charge on any atom is 0.126 e. The summed E-state index contributed by atoms with van der Waals surface area (Å²) in [7, 11) is 0. The topological polar surface area (TPSA) is 17.1 Å². The highest BCUT2D eigenvalue weighted by atomic mass is 16.1. The lowest BCUT2D eigenvalue weighted by Gasteiger charge is -2.18. The average molecular weight is 180 g/mol. The third-order valence-corrected chi connectivity index (χ3v) is 4.32. The molecule has 1 nitrogen and oxygen atoms in total. The Morgan fingerprint density at radius 2 is 2.00 bits per heavy atom. The van der Waals surface area contributed by atoms with E-state index < -0.39 is 0 Å². The van der Waals surface area contributed by atoms with Crippen molar-refractivity contribution in [1.29, 1.82) is 0 Å². The van der Waals surface area contributed by atoms with Crippen molar-refractivity contribution in [1.82, 2.24) is 0 Å². The second-order valence-electron chi connectivity index (χ2n) is 5.85. The van der Waals surface area contributed by atoms with Gasteiger partial charge in [0, 0.05) is 5.41 Å². The minimum Gasteiger partial charge on any atom is -0.303 e. The molecule has 0 aromatic rings. The molecule has 0 spiro atoms. The molecule has 2 rings (SSSR count). The van der Waals surface area contributed by atoms with Crippen molar-refractivity contribution < 1.29 is 4.79 Å². The van der Waals surface area contributed by atoms with Gasteiger partial charge < -0.3 is 4.79 Å². The van der Waals surface area contributed by atoms with E-state index in [1.54, 1.807) is 0 Å². The Balaban J connectivity index is 1.96. The van der Waals surface area contributed by atoms with Crippen LogP contribution in [0.4, 0.5) is 0 Å². The number of aldehydes is 1. The Morgan fingerprint density at radius 1 is 1.46 bits per heavy atom. The highest BCUT2D eigenvalue weighted by Gasteiger charge is 2.61. The van der Waals surface area contributed by atoms with Crippen molar-refractivity contribution in [2.45, 2.75) is 46.5 Å². The molecule has 0 saturated heterocycles. The summed E-state index contributed by atoms with van der Waals surface area (Å²) in [5.74, 6) is 1.71. The number of carbonyl (C=O) groups excluding carboxylic acids is 1. The van der Waals surface area contributed by atoms with E-state index in [1.807, 2.05) is 0 Å². The first-order valence-electron chi connectivity index (χ1n) is 5.47. The lowest BCUT2D eigenvalue weighted by molar-refractivity contribution is -0.113. The van der Waals surface area contributed by atoms with Crippen LogP contribution >= 0.6 is 0 Å². The Hall–Kier alpha value is -0.330. The van der Waals surface area contributed by atoms with E-state index in [1.165, 1.54) is 19.1 Å². The summed E-state index contributed by atoms with van der Waals surface area (Å²) in [4.78, 5) is 11.1. The van der Waals surface area contributed by atoms with Crippen LogP contribution in [0.15, 0.2) is 0 Å². The maximum absolute atomic E-state index is 11.1. The fourth-order valence-electron chi connectivity index (χ4n) is 2.75. The van der Waals surface area contributed by atoms with Crippen molar-refractivity contribution in [3.63, 3.8) is 0 Å². The van der Waals surface area contributed by atoms with Gasteiger partial charge in [-0.3, -0.25) is 0 Å². The molecule has 0 aliphatic heterocycles. The molecule has 0 aromatic heterocycles. The van der Waals surface area contributed by atoms with Gasteiger partial charge in [-0.05, 0) is 42.9 Å². The van der Waals surface area contributed by atoms with Crippen LogP contribution in [0.1, 0.15) is 46.5 Å². The summed E-state index contributed by atoms with van der Waals surface area (Å²) in [6.45, 7) is 6.76. The Kier molecular flexibility index (Phi) is 1.84. The summed E-state index contributed by atoms with van der Waals surface area (Å²) in [5.41, 5.74) is 0.340. The van der Waals surface area contributed by atoms with Crippen LogP contribution in [0.3, 0.4) is 0 Å². The van der Waals surface area contributed by atoms with Gasteiger partial charge in [-0.15, -0.1) is 0 Å². The molecule has 2 unspecified atom stereocenters. The standard InChI is InChI=1S/C12H20O/c1-9(10-4-5-10)6-12(8-13)7-11(12,2)3/h8-10H,4-7H2,1-3H3. The third-order valence-electron chi connectivity index (χ3n) is 4.32. The monoisotopic (exact) mass is 180 g/mol. The van der Waals surface area contributed by atoms with Crippen molar-refractivity contribution in [3.8, 4) is 0 Å². The van der Waals surface area contributed by atoms with E-state index >= 15 is 0 Å². The zero-order valence-corrected chi connectivity index (χ0v) is 8.97. The highest BCUT2D eigenvalue weighted by Crippen LogP contribution is 2.66. The normalized spacial score (nSPS) is 38.4. The number of hydrogen-bond donors (Lipinski definition) is 0. The molecule has 2 aliphatic carbocycles. The van der Waals surface area contributed by atoms with Crippen LogP contribution in [0.25, 0.3) is 0 Å². The summed E-state index contributed by atoms with van der Waals surface area (Å²) in [5, 5.41) is 0. The summed E-state index contributed by atoms with van der Waals surface area (Å²) in [6.07, 6.45) is 6.27. The minimum atomic E-state index is 0.0506. The van der Waals surface area contributed by atoms with E-state index in [0.717, 1.165) is 24.7 Å². The Labute approximate surface area is 80.9 Å². The first kappa shape index (κ1) is 9.23. The van der Waals surface area contributed by atoms with Gasteiger partial charge in [0.2, 0.25) is 0 Å². The van der Waals surface area contributed by atoms with Crippen LogP contribution in [0.2, 0.25) is 0 Å². The lowest BCUT2D eigenvalue weighted by Crippen LogP contribution is -2.15. The second-order valence-corrected chi connectivity index (χ2v) is 5.85. The van der Waals surface area contributed by atoms with Gasteiger partial charge in [0.05, 0.1) is 0 Å². The quantitative estimate of drug-likeness (QED) is 0.608. The summed E-state index contributed by atoms with van der Waals surface area (Å²) in [6, 6.07) is 0. The number of hydrogen-bond acceptors (Lipinski definition) is 1. The third kappa shape index (κ3) is 1.43. The van der Waals surface area contributed by atoms with Crippen LogP contribution in [-0.4, -0.2) is 6.29 Å². The largest absolute Gasteiger partial charge is 0.303 e. The molecule has 2 aliphatic rings. The predicted octanol–water partition coefficient (Wildman–Crippen LogP) is 3.04. The van der Waals surface area contributed by atoms with E-state index in [4.69, 9.17) is 0 Å². The van der Waals surface area contributed by atoms with E-state index in [9.17, 15) is 4.79 Å². The predicted molar refractivity (Wildman–Crippen MR) is 53.4 cm³/mol. The van der Waals surface area contributed by atoms with Crippen molar-refractivity contribution >= 4 is 6.29 Å². The number of carbonyl (C=O) groups is 1. The molecule has 0 radical (unpaired) electrons. The van der Waals surface area contributed by atoms with Crippen molar-refractivity contribution in [2.24, 2.45) is 22.7 Å². The molecule has 0 aromatic carbocycles. The SMILES string of the molecule is CC(CC1(C=O)CC1(C)C)C1CC1. The van der Waals surface area contributed by atoms with Gasteiger partial charge in [-0.25, -0.2) is 0 Å². The van der Waals surface area contributed by atoms with Gasteiger partial charge >= 0.3 is 0 Å². The molecule has 0 heterocycles. The van der Waals surface area contributed by atoms with Crippen LogP contribution in [0.5, 0.6) is 0 Å². The molecule has 1 heteroatoms. The lowest BCUT2D eigenvalue weighted by atomic mass is 9.85. The first-order valence-corrected chi connectivity index (χ1v) is 5.47. The van der Waals surface area contributed by atoms with Gasteiger partial charge in [-0.1, -0.05) is 20.8 Å².